The summed E-state index contributed by atoms with van der Waals surface area (Å²) in [5.74, 6) is -8.88. The Bertz CT molecular complexity index is 1040. The van der Waals surface area contributed by atoms with E-state index in [1.54, 1.807) is 7.11 Å². The van der Waals surface area contributed by atoms with Gasteiger partial charge >= 0.3 is 0 Å². The van der Waals surface area contributed by atoms with Crippen LogP contribution in [0.4, 0.5) is 22.0 Å². The van der Waals surface area contributed by atoms with E-state index in [-0.39, 0.29) is 10.8 Å². The Hall–Kier alpha value is -1.68. The fourth-order valence-electron chi connectivity index (χ4n) is 4.23. The molecule has 0 saturated heterocycles. The Kier molecular flexibility index (Phi) is 9.07. The Morgan fingerprint density at radius 3 is 1.63 bits per heavy atom. The Morgan fingerprint density at radius 2 is 1.20 bits per heavy atom. The van der Waals surface area contributed by atoms with E-state index in [0.29, 0.717) is 12.2 Å². The second-order valence-corrected chi connectivity index (χ2v) is 13.3. The molecule has 0 heterocycles. The highest BCUT2D eigenvalue weighted by atomic mass is 31.1. The molecule has 0 aromatic heterocycles. The molecule has 0 amide bonds. The SMILES string of the molecule is CCCCCC(C)(Pc1c(F)c(F)c(F)c(F)c1F)c1cc(C(C)(C)C)cc(C(C)(C)C)c1OC. The van der Waals surface area contributed by atoms with Crippen molar-refractivity contribution in [1.29, 1.82) is 0 Å². The highest BCUT2D eigenvalue weighted by Gasteiger charge is 2.38. The van der Waals surface area contributed by atoms with Crippen molar-refractivity contribution in [2.45, 2.75) is 97.1 Å². The molecule has 7 heteroatoms. The molecule has 0 bridgehead atoms. The number of hydrogen-bond acceptors (Lipinski definition) is 1. The third-order valence-corrected chi connectivity index (χ3v) is 8.21. The van der Waals surface area contributed by atoms with E-state index in [0.717, 1.165) is 36.0 Å². The van der Waals surface area contributed by atoms with Crippen LogP contribution < -0.4 is 10.0 Å². The minimum Gasteiger partial charge on any atom is -0.496 e. The van der Waals surface area contributed by atoms with Gasteiger partial charge in [0.15, 0.2) is 23.3 Å². The number of ether oxygens (including phenoxy) is 1. The Balaban J connectivity index is 2.90. The molecule has 35 heavy (non-hydrogen) atoms. The molecule has 2 aromatic rings. The lowest BCUT2D eigenvalue weighted by molar-refractivity contribution is 0.381. The number of unbranched alkanes of at least 4 members (excludes halogenated alkanes) is 2. The molecule has 2 aromatic carbocycles. The Morgan fingerprint density at radius 1 is 0.714 bits per heavy atom. The van der Waals surface area contributed by atoms with E-state index < -0.39 is 48.1 Å². The molecule has 0 saturated carbocycles. The molecule has 2 rings (SSSR count). The first kappa shape index (κ1) is 29.5. The van der Waals surface area contributed by atoms with Gasteiger partial charge in [0, 0.05) is 16.3 Å². The third-order valence-electron chi connectivity index (χ3n) is 6.45. The number of methoxy groups -OCH3 is 1. The van der Waals surface area contributed by atoms with Crippen molar-refractivity contribution in [3.8, 4) is 5.75 Å². The van der Waals surface area contributed by atoms with Crippen LogP contribution in [0.25, 0.3) is 0 Å². The highest BCUT2D eigenvalue weighted by molar-refractivity contribution is 7.48. The first-order valence-electron chi connectivity index (χ1n) is 12.0. The van der Waals surface area contributed by atoms with Gasteiger partial charge < -0.3 is 4.74 Å². The number of hydrogen-bond donors (Lipinski definition) is 0. The Labute approximate surface area is 208 Å². The molecule has 0 N–H and O–H groups in total. The van der Waals surface area contributed by atoms with E-state index in [1.807, 2.05) is 19.9 Å². The van der Waals surface area contributed by atoms with Gasteiger partial charge in [0.05, 0.1) is 12.4 Å². The predicted octanol–water partition coefficient (Wildman–Crippen LogP) is 8.79. The monoisotopic (exact) mass is 516 g/mol. The first-order chi connectivity index (χ1) is 16.0. The summed E-state index contributed by atoms with van der Waals surface area (Å²) in [5.41, 5.74) is 2.14. The summed E-state index contributed by atoms with van der Waals surface area (Å²) < 4.78 is 77.4. The molecule has 0 aliphatic rings. The summed E-state index contributed by atoms with van der Waals surface area (Å²) in [6.07, 6.45) is 3.05. The van der Waals surface area contributed by atoms with Crippen LogP contribution in [0.5, 0.6) is 5.75 Å². The van der Waals surface area contributed by atoms with Crippen LogP contribution in [-0.2, 0) is 16.0 Å². The van der Waals surface area contributed by atoms with Crippen molar-refractivity contribution < 1.29 is 26.7 Å². The van der Waals surface area contributed by atoms with Crippen molar-refractivity contribution in [3.05, 3.63) is 57.9 Å². The summed E-state index contributed by atoms with van der Waals surface area (Å²) >= 11 is 0. The molecule has 1 nitrogen and oxygen atoms in total. The summed E-state index contributed by atoms with van der Waals surface area (Å²) in [4.78, 5) is 0. The van der Waals surface area contributed by atoms with Gasteiger partial charge in [-0.1, -0.05) is 95.4 Å². The van der Waals surface area contributed by atoms with Crippen LogP contribution in [0.2, 0.25) is 0 Å². The largest absolute Gasteiger partial charge is 0.496 e. The van der Waals surface area contributed by atoms with E-state index >= 15 is 0 Å². The zero-order chi connectivity index (χ0) is 26.9. The smallest absolute Gasteiger partial charge is 0.200 e. The zero-order valence-electron chi connectivity index (χ0n) is 22.3. The maximum absolute atomic E-state index is 14.8. The molecule has 0 aliphatic carbocycles. The molecule has 2 unspecified atom stereocenters. The van der Waals surface area contributed by atoms with Gasteiger partial charge in [0.2, 0.25) is 5.82 Å². The van der Waals surface area contributed by atoms with Crippen molar-refractivity contribution in [3.63, 3.8) is 0 Å². The summed E-state index contributed by atoms with van der Waals surface area (Å²) in [6, 6.07) is 4.08. The standard InChI is InChI=1S/C28H38F5OP/c1-10-11-12-13-28(8,35-25-22(32)20(30)19(29)21(31)23(25)33)18-15-16(26(2,3)4)14-17(24(18)34-9)27(5,6)7/h14-15,35H,10-13H2,1-9H3. The van der Waals surface area contributed by atoms with Crippen LogP contribution in [0, 0.1) is 29.1 Å². The topological polar surface area (TPSA) is 9.23 Å². The normalized spacial score (nSPS) is 14.6. The van der Waals surface area contributed by atoms with Gasteiger partial charge in [-0.15, -0.1) is 0 Å². The van der Waals surface area contributed by atoms with E-state index in [4.69, 9.17) is 4.74 Å². The van der Waals surface area contributed by atoms with Crippen molar-refractivity contribution in [2.75, 3.05) is 7.11 Å². The summed E-state index contributed by atoms with van der Waals surface area (Å²) in [7, 11) is 0.861. The zero-order valence-corrected chi connectivity index (χ0v) is 23.3. The van der Waals surface area contributed by atoms with E-state index in [2.05, 4.69) is 47.6 Å². The van der Waals surface area contributed by atoms with E-state index in [1.165, 1.54) is 0 Å². The minimum atomic E-state index is -2.14. The average Bonchev–Trinajstić information content (AvgIpc) is 2.77. The maximum Gasteiger partial charge on any atom is 0.200 e. The lowest BCUT2D eigenvalue weighted by atomic mass is 9.76. The third kappa shape index (κ3) is 6.18. The quantitative estimate of drug-likeness (QED) is 0.112. The van der Waals surface area contributed by atoms with Crippen LogP contribution in [0.15, 0.2) is 12.1 Å². The lowest BCUT2D eigenvalue weighted by Gasteiger charge is -2.37. The second-order valence-electron chi connectivity index (χ2n) is 11.5. The number of halogens is 5. The fraction of sp³-hybridized carbons (Fsp3) is 0.571. The summed E-state index contributed by atoms with van der Waals surface area (Å²) in [6.45, 7) is 16.3. The second kappa shape index (κ2) is 10.7. The van der Waals surface area contributed by atoms with Crippen LogP contribution in [0.1, 0.15) is 97.8 Å². The fourth-order valence-corrected chi connectivity index (χ4v) is 5.85. The van der Waals surface area contributed by atoms with Gasteiger partial charge in [-0.05, 0) is 22.8 Å². The minimum absolute atomic E-state index is 0.237. The molecule has 0 aliphatic heterocycles. The average molecular weight is 517 g/mol. The number of rotatable bonds is 8. The van der Waals surface area contributed by atoms with Gasteiger partial charge in [-0.2, -0.15) is 0 Å². The van der Waals surface area contributed by atoms with Crippen molar-refractivity contribution in [2.24, 2.45) is 0 Å². The molecule has 0 fully saturated rings. The molecular formula is C28H38F5OP. The maximum atomic E-state index is 14.8. The van der Waals surface area contributed by atoms with Gasteiger partial charge in [-0.25, -0.2) is 22.0 Å². The van der Waals surface area contributed by atoms with Crippen LogP contribution in [0.3, 0.4) is 0 Å². The molecule has 0 spiro atoms. The van der Waals surface area contributed by atoms with Crippen molar-refractivity contribution in [1.82, 2.24) is 0 Å². The van der Waals surface area contributed by atoms with E-state index in [9.17, 15) is 22.0 Å². The van der Waals surface area contributed by atoms with Gasteiger partial charge in [0.1, 0.15) is 5.75 Å². The number of benzene rings is 2. The van der Waals surface area contributed by atoms with Gasteiger partial charge in [0.25, 0.3) is 0 Å². The molecule has 2 atom stereocenters. The summed E-state index contributed by atoms with van der Waals surface area (Å²) in [5, 5.41) is -1.68. The predicted molar refractivity (Wildman–Crippen MR) is 136 cm³/mol. The lowest BCUT2D eigenvalue weighted by Crippen LogP contribution is -2.27. The molecular weight excluding hydrogens is 478 g/mol. The molecule has 0 radical (unpaired) electrons. The highest BCUT2D eigenvalue weighted by Crippen LogP contribution is 2.52. The molecule has 196 valence electrons. The van der Waals surface area contributed by atoms with Crippen LogP contribution in [-0.4, -0.2) is 7.11 Å². The first-order valence-corrected chi connectivity index (χ1v) is 13.0. The van der Waals surface area contributed by atoms with Crippen molar-refractivity contribution >= 4 is 13.9 Å². The van der Waals surface area contributed by atoms with Crippen LogP contribution >= 0.6 is 8.58 Å². The van der Waals surface area contributed by atoms with Gasteiger partial charge in [-0.3, -0.25) is 0 Å².